The molecule has 1 N–H and O–H groups in total. The van der Waals surface area contributed by atoms with Crippen molar-refractivity contribution in [3.05, 3.63) is 53.1 Å². The molecule has 0 spiro atoms. The number of hydrogen-bond acceptors (Lipinski definition) is 3. The monoisotopic (exact) mass is 294 g/mol. The number of fused-ring (bicyclic) bond motifs is 2. The number of benzene rings is 2. The smallest absolute Gasteiger partial charge is 0.259 e. The van der Waals surface area contributed by atoms with Crippen molar-refractivity contribution in [2.24, 2.45) is 0 Å². The quantitative estimate of drug-likeness (QED) is 0.924. The maximum Gasteiger partial charge on any atom is 0.259 e. The average Bonchev–Trinajstić information content (AvgIpc) is 3.05. The normalized spacial score (nSPS) is 18.9. The van der Waals surface area contributed by atoms with Crippen LogP contribution in [0, 0.1) is 0 Å². The Kier molecular flexibility index (Phi) is 2.86. The zero-order valence-corrected chi connectivity index (χ0v) is 12.7. The summed E-state index contributed by atoms with van der Waals surface area (Å²) in [4.78, 5) is 14.5. The highest BCUT2D eigenvalue weighted by Crippen LogP contribution is 2.34. The number of nitrogens with zero attached hydrogens (tertiary/aromatic N) is 1. The van der Waals surface area contributed by atoms with Crippen molar-refractivity contribution in [3.63, 3.8) is 0 Å². The van der Waals surface area contributed by atoms with Crippen molar-refractivity contribution in [1.29, 1.82) is 0 Å². The Morgan fingerprint density at radius 3 is 2.86 bits per heavy atom. The van der Waals surface area contributed by atoms with E-state index in [2.05, 4.69) is 24.4 Å². The summed E-state index contributed by atoms with van der Waals surface area (Å²) in [6.45, 7) is 2.79. The second-order valence-corrected chi connectivity index (χ2v) is 6.01. The van der Waals surface area contributed by atoms with Crippen LogP contribution in [0.5, 0.6) is 5.75 Å². The minimum absolute atomic E-state index is 0.0489. The Bertz CT molecular complexity index is 770. The van der Waals surface area contributed by atoms with Gasteiger partial charge in [-0.05, 0) is 54.8 Å². The van der Waals surface area contributed by atoms with Gasteiger partial charge in [-0.15, -0.1) is 0 Å². The van der Waals surface area contributed by atoms with Crippen LogP contribution >= 0.6 is 0 Å². The molecule has 2 aromatic carbocycles. The number of carbonyl (C=O) groups excluding carboxylic acids is 1. The molecule has 0 saturated carbocycles. The summed E-state index contributed by atoms with van der Waals surface area (Å²) in [7, 11) is 1.62. The molecule has 2 aliphatic rings. The average molecular weight is 294 g/mol. The first-order chi connectivity index (χ1) is 10.7. The van der Waals surface area contributed by atoms with Crippen molar-refractivity contribution >= 4 is 17.3 Å². The highest BCUT2D eigenvalue weighted by molar-refractivity contribution is 6.10. The van der Waals surface area contributed by atoms with Gasteiger partial charge in [-0.3, -0.25) is 4.79 Å². The third-order valence-electron chi connectivity index (χ3n) is 4.45. The van der Waals surface area contributed by atoms with E-state index in [-0.39, 0.29) is 5.91 Å². The molecule has 0 radical (unpaired) electrons. The number of methoxy groups -OCH3 is 1. The minimum Gasteiger partial charge on any atom is -0.497 e. The van der Waals surface area contributed by atoms with Crippen LogP contribution in [0.15, 0.2) is 36.4 Å². The molecule has 1 unspecified atom stereocenters. The molecule has 0 bridgehead atoms. The van der Waals surface area contributed by atoms with E-state index in [0.717, 1.165) is 29.0 Å². The lowest BCUT2D eigenvalue weighted by Gasteiger charge is -2.16. The largest absolute Gasteiger partial charge is 0.497 e. The molecule has 4 rings (SSSR count). The molecule has 112 valence electrons. The summed E-state index contributed by atoms with van der Waals surface area (Å²) in [6, 6.07) is 12.4. The Labute approximate surface area is 129 Å². The standard InChI is InChI=1S/C18H18N2O2/c1-11-7-13-8-14(4-6-17(13)19-11)20-10-12-3-5-15(22-2)9-16(12)18(20)21/h3-6,8-9,11,19H,7,10H2,1-2H3. The lowest BCUT2D eigenvalue weighted by Crippen LogP contribution is -2.23. The second kappa shape index (κ2) is 4.77. The summed E-state index contributed by atoms with van der Waals surface area (Å²) in [5, 5.41) is 3.44. The predicted molar refractivity (Wildman–Crippen MR) is 86.7 cm³/mol. The SMILES string of the molecule is COc1ccc2c(c1)C(=O)N(c1ccc3c(c1)CC(C)N3)C2. The maximum atomic E-state index is 12.7. The predicted octanol–water partition coefficient (Wildman–Crippen LogP) is 3.21. The Morgan fingerprint density at radius 2 is 2.05 bits per heavy atom. The summed E-state index contributed by atoms with van der Waals surface area (Å²) >= 11 is 0. The zero-order chi connectivity index (χ0) is 15.3. The van der Waals surface area contributed by atoms with Crippen LogP contribution in [0.2, 0.25) is 0 Å². The zero-order valence-electron chi connectivity index (χ0n) is 12.7. The highest BCUT2D eigenvalue weighted by atomic mass is 16.5. The molecule has 2 aromatic rings. The maximum absolute atomic E-state index is 12.7. The molecular formula is C18H18N2O2. The van der Waals surface area contributed by atoms with Gasteiger partial charge in [0.15, 0.2) is 0 Å². The van der Waals surface area contributed by atoms with Crippen molar-refractivity contribution < 1.29 is 9.53 Å². The molecule has 0 fully saturated rings. The molecule has 4 nitrogen and oxygen atoms in total. The third-order valence-corrected chi connectivity index (χ3v) is 4.45. The molecule has 0 aliphatic carbocycles. The van der Waals surface area contributed by atoms with Gasteiger partial charge >= 0.3 is 0 Å². The van der Waals surface area contributed by atoms with Crippen LogP contribution in [-0.4, -0.2) is 19.1 Å². The Hall–Kier alpha value is -2.49. The van der Waals surface area contributed by atoms with Crippen molar-refractivity contribution in [1.82, 2.24) is 0 Å². The topological polar surface area (TPSA) is 41.6 Å². The van der Waals surface area contributed by atoms with Gasteiger partial charge in [0.2, 0.25) is 0 Å². The van der Waals surface area contributed by atoms with E-state index in [4.69, 9.17) is 4.74 Å². The van der Waals surface area contributed by atoms with Gasteiger partial charge < -0.3 is 15.0 Å². The van der Waals surface area contributed by atoms with E-state index in [9.17, 15) is 4.79 Å². The summed E-state index contributed by atoms with van der Waals surface area (Å²) in [5.41, 5.74) is 5.23. The highest BCUT2D eigenvalue weighted by Gasteiger charge is 2.29. The molecular weight excluding hydrogens is 276 g/mol. The number of nitrogens with one attached hydrogen (secondary N) is 1. The first-order valence-electron chi connectivity index (χ1n) is 7.54. The Balaban J connectivity index is 1.68. The van der Waals surface area contributed by atoms with Crippen molar-refractivity contribution in [3.8, 4) is 5.75 Å². The van der Waals surface area contributed by atoms with E-state index in [0.29, 0.717) is 12.6 Å². The molecule has 2 aliphatic heterocycles. The minimum atomic E-state index is 0.0489. The van der Waals surface area contributed by atoms with Gasteiger partial charge in [-0.25, -0.2) is 0 Å². The molecule has 2 heterocycles. The van der Waals surface area contributed by atoms with Gasteiger partial charge in [0, 0.05) is 23.0 Å². The van der Waals surface area contributed by atoms with Gasteiger partial charge in [0.05, 0.1) is 13.7 Å². The number of amides is 1. The molecule has 22 heavy (non-hydrogen) atoms. The molecule has 0 aromatic heterocycles. The van der Waals surface area contributed by atoms with Crippen LogP contribution in [-0.2, 0) is 13.0 Å². The number of ether oxygens (including phenoxy) is 1. The molecule has 1 atom stereocenters. The van der Waals surface area contributed by atoms with Gasteiger partial charge in [0.25, 0.3) is 5.91 Å². The molecule has 4 heteroatoms. The van der Waals surface area contributed by atoms with Crippen LogP contribution in [0.25, 0.3) is 0 Å². The molecule has 0 saturated heterocycles. The second-order valence-electron chi connectivity index (χ2n) is 6.01. The summed E-state index contributed by atoms with van der Waals surface area (Å²) < 4.78 is 5.22. The van der Waals surface area contributed by atoms with Crippen LogP contribution in [0.4, 0.5) is 11.4 Å². The molecule has 1 amide bonds. The van der Waals surface area contributed by atoms with E-state index >= 15 is 0 Å². The first-order valence-corrected chi connectivity index (χ1v) is 7.54. The van der Waals surface area contributed by atoms with Crippen LogP contribution < -0.4 is 15.0 Å². The number of rotatable bonds is 2. The number of hydrogen-bond donors (Lipinski definition) is 1. The fourth-order valence-corrected chi connectivity index (χ4v) is 3.32. The van der Waals surface area contributed by atoms with E-state index in [1.54, 1.807) is 7.11 Å². The Morgan fingerprint density at radius 1 is 1.18 bits per heavy atom. The van der Waals surface area contributed by atoms with Gasteiger partial charge in [-0.1, -0.05) is 6.07 Å². The third kappa shape index (κ3) is 1.95. The van der Waals surface area contributed by atoms with E-state index in [1.165, 1.54) is 11.3 Å². The fourth-order valence-electron chi connectivity index (χ4n) is 3.32. The van der Waals surface area contributed by atoms with Crippen LogP contribution in [0.3, 0.4) is 0 Å². The van der Waals surface area contributed by atoms with Crippen molar-refractivity contribution in [2.45, 2.75) is 25.9 Å². The van der Waals surface area contributed by atoms with Gasteiger partial charge in [-0.2, -0.15) is 0 Å². The van der Waals surface area contributed by atoms with E-state index in [1.807, 2.05) is 29.2 Å². The number of carbonyl (C=O) groups is 1. The van der Waals surface area contributed by atoms with Crippen LogP contribution in [0.1, 0.15) is 28.4 Å². The van der Waals surface area contributed by atoms with E-state index < -0.39 is 0 Å². The number of anilines is 2. The lowest BCUT2D eigenvalue weighted by molar-refractivity contribution is 0.0996. The lowest BCUT2D eigenvalue weighted by atomic mass is 10.1. The van der Waals surface area contributed by atoms with Gasteiger partial charge in [0.1, 0.15) is 5.75 Å². The summed E-state index contributed by atoms with van der Waals surface area (Å²) in [6.07, 6.45) is 1.01. The van der Waals surface area contributed by atoms with Crippen molar-refractivity contribution in [2.75, 3.05) is 17.3 Å². The fraction of sp³-hybridized carbons (Fsp3) is 0.278. The summed E-state index contributed by atoms with van der Waals surface area (Å²) in [5.74, 6) is 0.772. The first kappa shape index (κ1) is 13.2.